The third-order valence-corrected chi connectivity index (χ3v) is 23.5. The molecule has 0 amide bonds. The van der Waals surface area contributed by atoms with Crippen LogP contribution in [0.1, 0.15) is 312 Å². The summed E-state index contributed by atoms with van der Waals surface area (Å²) >= 11 is 0. The molecule has 0 aliphatic carbocycles. The van der Waals surface area contributed by atoms with E-state index >= 15 is 0 Å². The Morgan fingerprint density at radius 1 is 0.201 bits per heavy atom. The van der Waals surface area contributed by atoms with Crippen molar-refractivity contribution in [2.45, 2.75) is 176 Å². The highest BCUT2D eigenvalue weighted by atomic mass is 16.5. The second-order valence-electron chi connectivity index (χ2n) is 38.9. The topological polar surface area (TPSA) is 313 Å². The second kappa shape index (κ2) is 58.7. The third-order valence-electron chi connectivity index (χ3n) is 23.5. The van der Waals surface area contributed by atoms with Gasteiger partial charge in [0.25, 0.3) is 0 Å². The van der Waals surface area contributed by atoms with Crippen molar-refractivity contribution in [2.75, 3.05) is 56.4 Å². The van der Waals surface area contributed by atoms with Crippen LogP contribution in [0.2, 0.25) is 0 Å². The normalized spacial score (nSPS) is 10.7. The van der Waals surface area contributed by atoms with E-state index in [1.54, 1.807) is 259 Å². The van der Waals surface area contributed by atoms with Crippen molar-refractivity contribution in [3.05, 3.63) is 416 Å². The molecule has 0 aliphatic heterocycles. The Morgan fingerprint density at radius 2 is 0.376 bits per heavy atom. The van der Waals surface area contributed by atoms with Crippen LogP contribution in [0.3, 0.4) is 0 Å². The van der Waals surface area contributed by atoms with E-state index in [9.17, 15) is 67.1 Å². The first-order valence-electron chi connectivity index (χ1n) is 48.8. The van der Waals surface area contributed by atoms with Gasteiger partial charge in [0, 0.05) is 72.3 Å². The number of hydrogen-bond acceptors (Lipinski definition) is 22. The summed E-state index contributed by atoms with van der Waals surface area (Å²) in [6, 6.07) is 93.6. The highest BCUT2D eigenvalue weighted by Crippen LogP contribution is 2.39. The van der Waals surface area contributed by atoms with Crippen LogP contribution < -0.4 is 37.9 Å². The van der Waals surface area contributed by atoms with Gasteiger partial charge < -0.3 is 37.9 Å². The van der Waals surface area contributed by atoms with Gasteiger partial charge >= 0.3 is 0 Å². The van der Waals surface area contributed by atoms with Gasteiger partial charge in [0.15, 0.2) is 86.7 Å². The second-order valence-corrected chi connectivity index (χ2v) is 38.9. The Labute approximate surface area is 875 Å². The van der Waals surface area contributed by atoms with Gasteiger partial charge in [-0.25, -0.2) is 0 Å². The van der Waals surface area contributed by atoms with Crippen LogP contribution >= 0.6 is 0 Å². The van der Waals surface area contributed by atoms with E-state index < -0.39 is 0 Å². The van der Waals surface area contributed by atoms with E-state index in [1.165, 1.54) is 39.4 Å². The first kappa shape index (κ1) is 120. The molecule has 0 N–H and O–H groups in total. The number of carbonyl (C=O) groups excluding carboxylic acids is 14. The Kier molecular flexibility index (Phi) is 47.1. The maximum absolute atomic E-state index is 12.6. The van der Waals surface area contributed by atoms with Crippen molar-refractivity contribution in [1.29, 1.82) is 0 Å². The first-order valence-corrected chi connectivity index (χ1v) is 48.8. The van der Waals surface area contributed by atoms with Crippen LogP contribution in [0.25, 0.3) is 0 Å². The van der Waals surface area contributed by atoms with Crippen molar-refractivity contribution in [2.24, 2.45) is 0 Å². The zero-order valence-electron chi connectivity index (χ0n) is 89.2. The average Bonchev–Trinajstić information content (AvgIpc) is 0.787. The fourth-order valence-corrected chi connectivity index (χ4v) is 14.3. The fourth-order valence-electron chi connectivity index (χ4n) is 14.3. The summed E-state index contributed by atoms with van der Waals surface area (Å²) in [5.41, 5.74) is 11.7. The SMILES string of the molecule is CC(=O)CC(=O)c1ccccc1.CC(C)(C)c1ccc(C(=O)CC(=O)c2ccc(C(C)(C)C)cc2)cc1.CCCCOc1ccc(C(=O)CC(=O)c2ccc(OC)cc2)cc1.COc1cc(C(=O)CC(=O)c2ccc(C(C)(C)C)cc2)cc(OC)c1OC.COc1ccc(C(=O)CC(=O)c2ccc(C(C)(C)C)cc2)cc1.COc1ccc(C(=O)CC(=O)c2ccc(OC)cc2)cc1.O=C(CC(=O)c1ccccc1)c1ccccc1. The molecule has 0 atom stereocenters. The van der Waals surface area contributed by atoms with Gasteiger partial charge in [-0.2, -0.15) is 0 Å². The summed E-state index contributed by atoms with van der Waals surface area (Å²) in [6.45, 7) is 29.7. The lowest BCUT2D eigenvalue weighted by atomic mass is 9.86. The van der Waals surface area contributed by atoms with Crippen molar-refractivity contribution in [1.82, 2.24) is 0 Å². The van der Waals surface area contributed by atoms with Gasteiger partial charge in [-0.15, -0.1) is 0 Å². The molecule has 0 unspecified atom stereocenters. The number of hydrogen-bond donors (Lipinski definition) is 0. The van der Waals surface area contributed by atoms with Crippen LogP contribution in [0.5, 0.6) is 46.0 Å². The van der Waals surface area contributed by atoms with Crippen molar-refractivity contribution < 1.29 is 105 Å². The van der Waals surface area contributed by atoms with Crippen LogP contribution in [0.15, 0.2) is 322 Å². The van der Waals surface area contributed by atoms with Crippen LogP contribution in [-0.2, 0) is 26.5 Å². The van der Waals surface area contributed by atoms with Crippen molar-refractivity contribution in [3.8, 4) is 46.0 Å². The van der Waals surface area contributed by atoms with Gasteiger partial charge in [-0.1, -0.05) is 284 Å². The lowest BCUT2D eigenvalue weighted by Crippen LogP contribution is -2.13. The molecule has 22 heteroatoms. The first-order chi connectivity index (χ1) is 70.7. The molecule has 0 saturated carbocycles. The molecule has 0 heterocycles. The molecule has 149 heavy (non-hydrogen) atoms. The number of carbonyl (C=O) groups is 14. The molecule has 0 saturated heterocycles. The molecular weight excluding hydrogens is 1880 g/mol. The summed E-state index contributed by atoms with van der Waals surface area (Å²) in [5.74, 6) is 2.16. The maximum Gasteiger partial charge on any atom is 0.203 e. The lowest BCUT2D eigenvalue weighted by Gasteiger charge is -2.19. The van der Waals surface area contributed by atoms with Gasteiger partial charge in [0.05, 0.1) is 101 Å². The van der Waals surface area contributed by atoms with Gasteiger partial charge in [0.2, 0.25) is 5.75 Å². The van der Waals surface area contributed by atoms with Crippen LogP contribution in [-0.4, -0.2) is 137 Å². The van der Waals surface area contributed by atoms with E-state index in [0.29, 0.717) is 119 Å². The minimum absolute atomic E-state index is 0.00398. The molecule has 0 spiro atoms. The third kappa shape index (κ3) is 39.5. The highest BCUT2D eigenvalue weighted by molar-refractivity contribution is 6.18. The van der Waals surface area contributed by atoms with E-state index in [4.69, 9.17) is 37.9 Å². The molecule has 0 bridgehead atoms. The molecule has 13 aromatic rings. The molecule has 0 radical (unpaired) electrons. The Morgan fingerprint density at radius 3 is 0.544 bits per heavy atom. The van der Waals surface area contributed by atoms with E-state index in [1.807, 2.05) is 91.0 Å². The molecule has 776 valence electrons. The smallest absolute Gasteiger partial charge is 0.203 e. The van der Waals surface area contributed by atoms with E-state index in [2.05, 4.69) is 90.0 Å². The largest absolute Gasteiger partial charge is 0.497 e. The van der Waals surface area contributed by atoms with E-state index in [0.717, 1.165) is 29.7 Å². The minimum atomic E-state index is -0.306. The summed E-state index contributed by atoms with van der Waals surface area (Å²) in [4.78, 5) is 168. The quantitative estimate of drug-likeness (QED) is 0.0197. The predicted octanol–water partition coefficient (Wildman–Crippen LogP) is 27.1. The molecule has 0 aliphatic rings. The number of methoxy groups -OCH3 is 7. The summed E-state index contributed by atoms with van der Waals surface area (Å²) < 4.78 is 41.5. The summed E-state index contributed by atoms with van der Waals surface area (Å²) in [6.07, 6.45) is 1.25. The Balaban J connectivity index is 0.000000237. The molecular formula is C127H136O22. The molecule has 0 aromatic heterocycles. The van der Waals surface area contributed by atoms with Crippen molar-refractivity contribution >= 4 is 81.0 Å². The molecule has 0 fully saturated rings. The average molecular weight is 2010 g/mol. The molecule has 13 aromatic carbocycles. The number of ether oxygens (including phenoxy) is 8. The number of Topliss-reactive ketones (excluding diaryl/α,β-unsaturated/α-hetero) is 14. The van der Waals surface area contributed by atoms with Gasteiger partial charge in [-0.05, 0) is 191 Å². The maximum atomic E-state index is 12.6. The minimum Gasteiger partial charge on any atom is -0.497 e. The van der Waals surface area contributed by atoms with Gasteiger partial charge in [-0.3, -0.25) is 67.1 Å². The monoisotopic (exact) mass is 2010 g/mol. The zero-order valence-corrected chi connectivity index (χ0v) is 89.2. The van der Waals surface area contributed by atoms with Crippen molar-refractivity contribution in [3.63, 3.8) is 0 Å². The molecule has 22 nitrogen and oxygen atoms in total. The Bertz CT molecular complexity index is 6420. The van der Waals surface area contributed by atoms with E-state index in [-0.39, 0.29) is 148 Å². The summed E-state index contributed by atoms with van der Waals surface area (Å²) in [5, 5.41) is 0. The van der Waals surface area contributed by atoms with Gasteiger partial charge in [0.1, 0.15) is 34.5 Å². The fraction of sp³-hybridized carbons (Fsp3) is 0.276. The number of unbranched alkanes of at least 4 members (excludes halogenated alkanes) is 1. The Hall–Kier alpha value is -16.4. The summed E-state index contributed by atoms with van der Waals surface area (Å²) in [7, 11) is 10.7. The zero-order chi connectivity index (χ0) is 110. The van der Waals surface area contributed by atoms with Crippen LogP contribution in [0, 0.1) is 0 Å². The number of benzene rings is 13. The predicted molar refractivity (Wildman–Crippen MR) is 584 cm³/mol. The lowest BCUT2D eigenvalue weighted by molar-refractivity contribution is -0.116. The standard InChI is InChI=1S/C23H28O2.C22H26O5.C20H22O4.C20H22O3.C17H16O4.C15H12O2.C10H10O2/c1-22(2,3)18-11-7-16(8-12-18)20(24)15-21(25)17-9-13-19(14-10-17)23(4,5)6;1-22(2,3)16-9-7-14(8-10-16)17(23)13-18(24)15-11-19(25-4)21(27-6)20(12-15)26-5;1-3-4-13-24-18-11-7-16(8-12-18)20(22)14-19(21)15-5-9-17(23-2)10-6-15;1-20(2,3)16-9-5-14(6-10-16)18(21)13-19(22)15-7-11-17(23-4)12-8-15;1-20-14-7-3-12(4-8-14)16(18)11-17(19)13-5-9-15(21-2)10-6-13;16-14(12-7-3-1-4-8-12)11-15(17)13-9-5-2-6-10-13;1-8(11)7-10(12)9-5-3-2-4-6-9/h7-14H,15H2,1-6H3;7-12H,13H2,1-6H3;5-12H,3-4,13-14H2,1-2H3;5-12H,13H2,1-4H3;3-10H,11H2,1-2H3;1-10H,11H2;2-6H,7H2,1H3. The number of ketones is 14. The highest BCUT2D eigenvalue weighted by Gasteiger charge is 2.26. The molecule has 13 rings (SSSR count). The van der Waals surface area contributed by atoms with Crippen LogP contribution in [0.4, 0.5) is 0 Å². The number of rotatable bonds is 38.